The predicted molar refractivity (Wildman–Crippen MR) is 168 cm³/mol. The third kappa shape index (κ3) is 7.09. The Morgan fingerprint density at radius 3 is 2.48 bits per heavy atom. The molecule has 2 fully saturated rings. The maximum atomic E-state index is 13.3. The molecule has 0 spiro atoms. The largest absolute Gasteiger partial charge is 0.445 e. The number of amides is 3. The number of carbonyl (C=O) groups excluding carboxylic acids is 3. The Balaban J connectivity index is 1.18. The van der Waals surface area contributed by atoms with E-state index in [0.717, 1.165) is 21.6 Å². The third-order valence-electron chi connectivity index (χ3n) is 7.80. The van der Waals surface area contributed by atoms with E-state index in [1.165, 1.54) is 6.33 Å². The van der Waals surface area contributed by atoms with E-state index in [9.17, 15) is 19.5 Å². The highest BCUT2D eigenvalue weighted by atomic mass is 35.5. The van der Waals surface area contributed by atoms with Crippen LogP contribution in [0.5, 0.6) is 0 Å². The molecule has 1 unspecified atom stereocenters. The van der Waals surface area contributed by atoms with Gasteiger partial charge in [0.05, 0.1) is 43.8 Å². The summed E-state index contributed by atoms with van der Waals surface area (Å²) in [5.74, 6) is -1.04. The summed E-state index contributed by atoms with van der Waals surface area (Å²) in [6.07, 6.45) is -0.607. The number of nitrogens with zero attached hydrogens (tertiary/aromatic N) is 3. The topological polar surface area (TPSA) is 132 Å². The van der Waals surface area contributed by atoms with Gasteiger partial charge in [0, 0.05) is 12.0 Å². The van der Waals surface area contributed by atoms with Crippen LogP contribution in [0.2, 0.25) is 10.3 Å². The number of hydrogen-bond donors (Lipinski definition) is 2. The lowest BCUT2D eigenvalue weighted by Crippen LogP contribution is -2.42. The molecule has 2 N–H and O–H groups in total. The van der Waals surface area contributed by atoms with Gasteiger partial charge in [-0.25, -0.2) is 14.7 Å². The van der Waals surface area contributed by atoms with Gasteiger partial charge in [-0.05, 0) is 28.8 Å². The number of aliphatic hydroxyl groups is 1. The average molecular weight is 666 g/mol. The molecule has 4 aromatic rings. The Bertz CT molecular complexity index is 1720. The number of carbonyl (C=O) groups is 3. The number of benzene rings is 3. The van der Waals surface area contributed by atoms with Gasteiger partial charge < -0.3 is 29.2 Å². The fraction of sp³-hybridized carbons (Fsp3) is 0.273. The van der Waals surface area contributed by atoms with Crippen LogP contribution in [-0.4, -0.2) is 44.7 Å². The van der Waals surface area contributed by atoms with Gasteiger partial charge in [-0.3, -0.25) is 9.59 Å². The molecule has 46 heavy (non-hydrogen) atoms. The number of anilines is 1. The molecule has 6 rings (SSSR count). The minimum absolute atomic E-state index is 0.0301. The smallest absolute Gasteiger partial charge is 0.408 e. The van der Waals surface area contributed by atoms with Crippen molar-refractivity contribution in [3.63, 3.8) is 0 Å². The van der Waals surface area contributed by atoms with Crippen molar-refractivity contribution in [1.29, 1.82) is 0 Å². The standard InChI is InChI=1S/C33H30Cl2N4O7/c34-29-30(35)38(19-36-29)16-25-14-27(22-11-9-20(17-40)10-12-22)46-32(45-25)23-7-4-8-24(13-23)39-28(41)15-26(31(39)42)37-33(43)44-18-21-5-2-1-3-6-21/h1-13,19,25-27,32,40H,14-18H2,(H,37,43)/t25-,26?,27+,32+/m0/s1. The van der Waals surface area contributed by atoms with E-state index < -0.39 is 30.2 Å². The lowest BCUT2D eigenvalue weighted by molar-refractivity contribution is -0.252. The Morgan fingerprint density at radius 1 is 0.978 bits per heavy atom. The second-order valence-corrected chi connectivity index (χ2v) is 11.7. The number of rotatable bonds is 9. The quantitative estimate of drug-likeness (QED) is 0.225. The van der Waals surface area contributed by atoms with Crippen LogP contribution in [0.1, 0.15) is 47.5 Å². The van der Waals surface area contributed by atoms with Crippen molar-refractivity contribution in [2.45, 2.75) is 57.1 Å². The number of nitrogens with one attached hydrogen (secondary N) is 1. The molecule has 3 aromatic carbocycles. The summed E-state index contributed by atoms with van der Waals surface area (Å²) >= 11 is 12.4. The Labute approximate surface area is 274 Å². The van der Waals surface area contributed by atoms with E-state index in [2.05, 4.69) is 10.3 Å². The Morgan fingerprint density at radius 2 is 1.76 bits per heavy atom. The number of halogens is 2. The Kier molecular flexibility index (Phi) is 9.67. The molecular formula is C33H30Cl2N4O7. The number of hydrogen-bond acceptors (Lipinski definition) is 8. The van der Waals surface area contributed by atoms with E-state index in [1.807, 2.05) is 54.6 Å². The van der Waals surface area contributed by atoms with Crippen molar-refractivity contribution in [3.8, 4) is 0 Å². The number of ether oxygens (including phenoxy) is 3. The van der Waals surface area contributed by atoms with Gasteiger partial charge in [0.1, 0.15) is 17.8 Å². The number of imide groups is 1. The molecule has 0 aliphatic carbocycles. The molecule has 238 valence electrons. The van der Waals surface area contributed by atoms with Crippen LogP contribution in [0.4, 0.5) is 10.5 Å². The molecule has 13 heteroatoms. The van der Waals surface area contributed by atoms with Gasteiger partial charge in [-0.1, -0.05) is 89.9 Å². The van der Waals surface area contributed by atoms with Crippen LogP contribution in [0.25, 0.3) is 0 Å². The van der Waals surface area contributed by atoms with E-state index in [1.54, 1.807) is 28.8 Å². The van der Waals surface area contributed by atoms with Crippen LogP contribution in [0.15, 0.2) is 85.2 Å². The fourth-order valence-corrected chi connectivity index (χ4v) is 5.77. The van der Waals surface area contributed by atoms with Crippen molar-refractivity contribution in [2.24, 2.45) is 0 Å². The molecule has 3 heterocycles. The average Bonchev–Trinajstić information content (AvgIpc) is 3.55. The number of aromatic nitrogens is 2. The van der Waals surface area contributed by atoms with Crippen molar-refractivity contribution in [1.82, 2.24) is 14.9 Å². The van der Waals surface area contributed by atoms with E-state index in [-0.39, 0.29) is 42.1 Å². The molecule has 0 saturated carbocycles. The van der Waals surface area contributed by atoms with Gasteiger partial charge in [0.2, 0.25) is 5.91 Å². The zero-order valence-corrected chi connectivity index (χ0v) is 25.9. The second kappa shape index (κ2) is 14.0. The summed E-state index contributed by atoms with van der Waals surface area (Å²) in [5, 5.41) is 12.5. The Hall–Kier alpha value is -4.26. The van der Waals surface area contributed by atoms with E-state index in [0.29, 0.717) is 24.2 Å². The molecule has 11 nitrogen and oxygen atoms in total. The molecule has 3 amide bonds. The van der Waals surface area contributed by atoms with Crippen LogP contribution in [-0.2, 0) is 43.6 Å². The molecule has 1 aromatic heterocycles. The summed E-state index contributed by atoms with van der Waals surface area (Å²) in [6, 6.07) is 22.3. The normalized spacial score (nSPS) is 21.4. The summed E-state index contributed by atoms with van der Waals surface area (Å²) < 4.78 is 19.7. The van der Waals surface area contributed by atoms with Crippen LogP contribution in [0, 0.1) is 0 Å². The first kappa shape index (κ1) is 31.7. The van der Waals surface area contributed by atoms with Crippen LogP contribution < -0.4 is 10.2 Å². The molecule has 2 aliphatic heterocycles. The molecule has 0 bridgehead atoms. The lowest BCUT2D eigenvalue weighted by Gasteiger charge is -2.36. The van der Waals surface area contributed by atoms with Crippen molar-refractivity contribution in [2.75, 3.05) is 4.90 Å². The molecule has 0 radical (unpaired) electrons. The lowest BCUT2D eigenvalue weighted by atomic mass is 10.00. The number of aliphatic hydroxyl groups excluding tert-OH is 1. The first-order valence-electron chi connectivity index (χ1n) is 14.6. The van der Waals surface area contributed by atoms with Crippen LogP contribution >= 0.6 is 23.2 Å². The molecule has 2 saturated heterocycles. The first-order chi connectivity index (χ1) is 22.3. The zero-order chi connectivity index (χ0) is 32.2. The van der Waals surface area contributed by atoms with Gasteiger partial charge in [0.25, 0.3) is 5.91 Å². The highest BCUT2D eigenvalue weighted by molar-refractivity contribution is 6.40. The zero-order valence-electron chi connectivity index (χ0n) is 24.4. The predicted octanol–water partition coefficient (Wildman–Crippen LogP) is 5.49. The number of imidazole rings is 1. The maximum absolute atomic E-state index is 13.3. The summed E-state index contributed by atoms with van der Waals surface area (Å²) in [5.41, 5.74) is 3.35. The van der Waals surface area contributed by atoms with Gasteiger partial charge >= 0.3 is 6.09 Å². The van der Waals surface area contributed by atoms with Crippen LogP contribution in [0.3, 0.4) is 0 Å². The SMILES string of the molecule is O=C(NC1CC(=O)N(c2cccc([C@@H]3O[C@H](Cn4cnc(Cl)c4Cl)C[C@H](c4ccc(CO)cc4)O3)c2)C1=O)OCc1ccccc1. The minimum Gasteiger partial charge on any atom is -0.445 e. The third-order valence-corrected chi connectivity index (χ3v) is 8.57. The van der Waals surface area contributed by atoms with Gasteiger partial charge in [-0.2, -0.15) is 0 Å². The second-order valence-electron chi connectivity index (χ2n) is 11.0. The fourth-order valence-electron chi connectivity index (χ4n) is 5.46. The van der Waals surface area contributed by atoms with E-state index >= 15 is 0 Å². The van der Waals surface area contributed by atoms with E-state index in [4.69, 9.17) is 37.4 Å². The van der Waals surface area contributed by atoms with Crippen molar-refractivity contribution in [3.05, 3.63) is 118 Å². The highest BCUT2D eigenvalue weighted by Gasteiger charge is 2.41. The summed E-state index contributed by atoms with van der Waals surface area (Å²) in [7, 11) is 0. The maximum Gasteiger partial charge on any atom is 0.408 e. The van der Waals surface area contributed by atoms with Gasteiger partial charge in [0.15, 0.2) is 11.4 Å². The molecule has 4 atom stereocenters. The summed E-state index contributed by atoms with van der Waals surface area (Å²) in [4.78, 5) is 43.9. The van der Waals surface area contributed by atoms with Gasteiger partial charge in [-0.15, -0.1) is 0 Å². The number of alkyl carbamates (subject to hydrolysis) is 1. The minimum atomic E-state index is -1.07. The molecule has 2 aliphatic rings. The monoisotopic (exact) mass is 664 g/mol. The van der Waals surface area contributed by atoms with Crippen molar-refractivity contribution < 1.29 is 33.7 Å². The van der Waals surface area contributed by atoms with Crippen molar-refractivity contribution >= 4 is 46.8 Å². The highest BCUT2D eigenvalue weighted by Crippen LogP contribution is 2.40. The first-order valence-corrected chi connectivity index (χ1v) is 15.4. The molecular weight excluding hydrogens is 635 g/mol. The summed E-state index contributed by atoms with van der Waals surface area (Å²) in [6.45, 7) is 0.300.